The van der Waals surface area contributed by atoms with Crippen LogP contribution in [0, 0.1) is 0 Å². The number of carboxylic acid groups (broad SMARTS) is 1. The van der Waals surface area contributed by atoms with E-state index in [-0.39, 0.29) is 12.2 Å². The first-order chi connectivity index (χ1) is 7.13. The van der Waals surface area contributed by atoms with Gasteiger partial charge >= 0.3 is 5.97 Å². The van der Waals surface area contributed by atoms with E-state index in [1.807, 2.05) is 0 Å². The summed E-state index contributed by atoms with van der Waals surface area (Å²) in [5.41, 5.74) is -0.923. The van der Waals surface area contributed by atoms with Crippen molar-refractivity contribution in [3.8, 4) is 0 Å². The molecule has 0 amide bonds. The van der Waals surface area contributed by atoms with E-state index < -0.39 is 11.6 Å². The van der Waals surface area contributed by atoms with Gasteiger partial charge in [0.15, 0.2) is 0 Å². The van der Waals surface area contributed by atoms with Gasteiger partial charge in [0.1, 0.15) is 5.60 Å². The first kappa shape index (κ1) is 10.6. The van der Waals surface area contributed by atoms with Crippen LogP contribution in [0.1, 0.15) is 28.1 Å². The number of hydrogen-bond donors (Lipinski definition) is 2. The number of aliphatic hydroxyl groups is 1. The Kier molecular flexibility index (Phi) is 2.77. The zero-order valence-corrected chi connectivity index (χ0v) is 8.92. The molecule has 1 fully saturated rings. The van der Waals surface area contributed by atoms with E-state index in [2.05, 4.69) is 0 Å². The second kappa shape index (κ2) is 3.92. The predicted molar refractivity (Wildman–Crippen MR) is 55.2 cm³/mol. The molecule has 0 bridgehead atoms. The lowest BCUT2D eigenvalue weighted by molar-refractivity contribution is -0.0884. The molecule has 15 heavy (non-hydrogen) atoms. The van der Waals surface area contributed by atoms with Crippen LogP contribution in [0.25, 0.3) is 0 Å². The molecule has 5 heteroatoms. The lowest BCUT2D eigenvalue weighted by Gasteiger charge is -2.31. The topological polar surface area (TPSA) is 66.8 Å². The molecule has 2 rings (SSSR count). The second-order valence-electron chi connectivity index (χ2n) is 3.66. The second-order valence-corrected chi connectivity index (χ2v) is 4.57. The Morgan fingerprint density at radius 2 is 2.40 bits per heavy atom. The van der Waals surface area contributed by atoms with Crippen LogP contribution in [0.2, 0.25) is 0 Å². The Labute approximate surface area is 91.1 Å². The molecule has 1 aromatic rings. The highest BCUT2D eigenvalue weighted by Crippen LogP contribution is 2.35. The number of carboxylic acids is 1. The van der Waals surface area contributed by atoms with Crippen LogP contribution < -0.4 is 0 Å². The van der Waals surface area contributed by atoms with E-state index in [1.54, 1.807) is 5.38 Å². The Bertz CT molecular complexity index is 365. The smallest absolute Gasteiger partial charge is 0.336 e. The fourth-order valence-electron chi connectivity index (χ4n) is 1.80. The van der Waals surface area contributed by atoms with Crippen LogP contribution in [0.3, 0.4) is 0 Å². The van der Waals surface area contributed by atoms with Crippen molar-refractivity contribution in [1.82, 2.24) is 0 Å². The van der Waals surface area contributed by atoms with Gasteiger partial charge in [0, 0.05) is 6.61 Å². The van der Waals surface area contributed by atoms with E-state index in [4.69, 9.17) is 9.84 Å². The highest BCUT2D eigenvalue weighted by Gasteiger charge is 2.36. The van der Waals surface area contributed by atoms with Gasteiger partial charge in [-0.25, -0.2) is 4.79 Å². The largest absolute Gasteiger partial charge is 0.478 e. The zero-order chi connectivity index (χ0) is 10.9. The molecule has 1 aliphatic rings. The van der Waals surface area contributed by atoms with Crippen molar-refractivity contribution in [2.75, 3.05) is 13.2 Å². The maximum absolute atomic E-state index is 10.9. The van der Waals surface area contributed by atoms with E-state index in [0.29, 0.717) is 17.9 Å². The van der Waals surface area contributed by atoms with Gasteiger partial charge < -0.3 is 14.9 Å². The fraction of sp³-hybridized carbons (Fsp3) is 0.500. The lowest BCUT2D eigenvalue weighted by atomic mass is 9.92. The third kappa shape index (κ3) is 1.90. The van der Waals surface area contributed by atoms with Crippen molar-refractivity contribution in [2.45, 2.75) is 18.4 Å². The molecule has 1 atom stereocenters. The highest BCUT2D eigenvalue weighted by atomic mass is 32.1. The molecule has 1 unspecified atom stereocenters. The van der Waals surface area contributed by atoms with Gasteiger partial charge in [-0.2, -0.15) is 0 Å². The average Bonchev–Trinajstić information content (AvgIpc) is 2.67. The summed E-state index contributed by atoms with van der Waals surface area (Å²) >= 11 is 1.27. The quantitative estimate of drug-likeness (QED) is 0.804. The molecule has 82 valence electrons. The average molecular weight is 228 g/mol. The minimum absolute atomic E-state index is 0.188. The number of aromatic carboxylic acids is 1. The van der Waals surface area contributed by atoms with Crippen LogP contribution in [0.15, 0.2) is 11.4 Å². The predicted octanol–water partition coefficient (Wildman–Crippen LogP) is 1.44. The standard InChI is InChI=1S/C10H12O4S/c11-9(12)7-2-5-15-8(7)10(13)3-1-4-14-6-10/h2,5,13H,1,3-4,6H2,(H,11,12). The third-order valence-corrected chi connectivity index (χ3v) is 3.65. The van der Waals surface area contributed by atoms with Crippen molar-refractivity contribution in [2.24, 2.45) is 0 Å². The summed E-state index contributed by atoms with van der Waals surface area (Å²) in [6.45, 7) is 0.823. The van der Waals surface area contributed by atoms with Gasteiger partial charge in [0.05, 0.1) is 17.0 Å². The Morgan fingerprint density at radius 3 is 3.00 bits per heavy atom. The Balaban J connectivity index is 2.34. The maximum atomic E-state index is 10.9. The first-order valence-electron chi connectivity index (χ1n) is 4.75. The fourth-order valence-corrected chi connectivity index (χ4v) is 2.80. The summed E-state index contributed by atoms with van der Waals surface area (Å²) in [7, 11) is 0. The van der Waals surface area contributed by atoms with Crippen LogP contribution in [-0.2, 0) is 10.3 Å². The summed E-state index contributed by atoms with van der Waals surface area (Å²) in [6.07, 6.45) is 1.32. The SMILES string of the molecule is O=C(O)c1ccsc1C1(O)CCCOC1. The van der Waals surface area contributed by atoms with E-state index >= 15 is 0 Å². The normalized spacial score (nSPS) is 26.5. The van der Waals surface area contributed by atoms with Crippen molar-refractivity contribution >= 4 is 17.3 Å². The monoisotopic (exact) mass is 228 g/mol. The Hall–Kier alpha value is -0.910. The van der Waals surface area contributed by atoms with E-state index in [0.717, 1.165) is 6.42 Å². The van der Waals surface area contributed by atoms with Crippen molar-refractivity contribution in [3.05, 3.63) is 21.9 Å². The molecule has 1 aliphatic heterocycles. The lowest BCUT2D eigenvalue weighted by Crippen LogP contribution is -2.36. The minimum atomic E-state index is -1.11. The van der Waals surface area contributed by atoms with E-state index in [9.17, 15) is 9.90 Å². The van der Waals surface area contributed by atoms with Gasteiger partial charge in [-0.05, 0) is 24.3 Å². The number of thiophene rings is 1. The van der Waals surface area contributed by atoms with Crippen LogP contribution in [-0.4, -0.2) is 29.4 Å². The molecule has 0 spiro atoms. The molecular formula is C10H12O4S. The van der Waals surface area contributed by atoms with E-state index in [1.165, 1.54) is 17.4 Å². The summed E-state index contributed by atoms with van der Waals surface area (Å²) in [6, 6.07) is 1.52. The molecule has 0 aliphatic carbocycles. The summed E-state index contributed by atoms with van der Waals surface area (Å²) < 4.78 is 5.21. The molecule has 2 heterocycles. The minimum Gasteiger partial charge on any atom is -0.478 e. The summed E-state index contributed by atoms with van der Waals surface area (Å²) in [4.78, 5) is 11.4. The zero-order valence-electron chi connectivity index (χ0n) is 8.10. The number of ether oxygens (including phenoxy) is 1. The third-order valence-electron chi connectivity index (χ3n) is 2.54. The van der Waals surface area contributed by atoms with Gasteiger partial charge in [-0.15, -0.1) is 11.3 Å². The molecule has 2 N–H and O–H groups in total. The Morgan fingerprint density at radius 1 is 1.60 bits per heavy atom. The van der Waals surface area contributed by atoms with Crippen molar-refractivity contribution in [3.63, 3.8) is 0 Å². The summed E-state index contributed by atoms with van der Waals surface area (Å²) in [5.74, 6) is -0.995. The molecule has 0 aromatic carbocycles. The molecule has 4 nitrogen and oxygen atoms in total. The molecule has 0 saturated carbocycles. The van der Waals surface area contributed by atoms with Crippen LogP contribution in [0.5, 0.6) is 0 Å². The van der Waals surface area contributed by atoms with Crippen molar-refractivity contribution in [1.29, 1.82) is 0 Å². The molecular weight excluding hydrogens is 216 g/mol. The maximum Gasteiger partial charge on any atom is 0.336 e. The highest BCUT2D eigenvalue weighted by molar-refractivity contribution is 7.10. The number of carbonyl (C=O) groups is 1. The number of rotatable bonds is 2. The first-order valence-corrected chi connectivity index (χ1v) is 5.63. The van der Waals surface area contributed by atoms with Gasteiger partial charge in [-0.1, -0.05) is 0 Å². The number of hydrogen-bond acceptors (Lipinski definition) is 4. The van der Waals surface area contributed by atoms with Gasteiger partial charge in [0.25, 0.3) is 0 Å². The molecule has 1 aromatic heterocycles. The summed E-state index contributed by atoms with van der Waals surface area (Å²) in [5, 5.41) is 20.9. The van der Waals surface area contributed by atoms with Crippen LogP contribution >= 0.6 is 11.3 Å². The van der Waals surface area contributed by atoms with Gasteiger partial charge in [-0.3, -0.25) is 0 Å². The van der Waals surface area contributed by atoms with Crippen molar-refractivity contribution < 1.29 is 19.7 Å². The van der Waals surface area contributed by atoms with Gasteiger partial charge in [0.2, 0.25) is 0 Å². The molecule has 0 radical (unpaired) electrons. The molecule has 1 saturated heterocycles. The van der Waals surface area contributed by atoms with Crippen LogP contribution in [0.4, 0.5) is 0 Å².